The van der Waals surface area contributed by atoms with Crippen LogP contribution in [0.3, 0.4) is 0 Å². The van der Waals surface area contributed by atoms with Gasteiger partial charge in [0.1, 0.15) is 0 Å². The van der Waals surface area contributed by atoms with E-state index in [1.807, 2.05) is 26.0 Å². The molecule has 4 nitrogen and oxygen atoms in total. The van der Waals surface area contributed by atoms with Crippen molar-refractivity contribution in [3.63, 3.8) is 0 Å². The highest BCUT2D eigenvalue weighted by atomic mass is 16.5. The molecular formula is C15H22O4. The normalized spacial score (nSPS) is 24.3. The Morgan fingerprint density at radius 3 is 2.42 bits per heavy atom. The average molecular weight is 266 g/mol. The van der Waals surface area contributed by atoms with Gasteiger partial charge in [0.15, 0.2) is 11.5 Å². The molecule has 1 aromatic rings. The third-order valence-electron chi connectivity index (χ3n) is 3.93. The smallest absolute Gasteiger partial charge is 0.161 e. The molecule has 0 aliphatic carbocycles. The number of aliphatic hydroxyl groups is 1. The van der Waals surface area contributed by atoms with Crippen molar-refractivity contribution in [3.8, 4) is 11.5 Å². The van der Waals surface area contributed by atoms with Gasteiger partial charge in [0, 0.05) is 12.5 Å². The topological polar surface area (TPSA) is 47.9 Å². The molecule has 3 unspecified atom stereocenters. The second kappa shape index (κ2) is 5.80. The van der Waals surface area contributed by atoms with Gasteiger partial charge in [-0.3, -0.25) is 0 Å². The van der Waals surface area contributed by atoms with Crippen LogP contribution in [0.25, 0.3) is 0 Å². The van der Waals surface area contributed by atoms with E-state index in [-0.39, 0.29) is 12.0 Å². The molecule has 0 aromatic heterocycles. The van der Waals surface area contributed by atoms with E-state index in [4.69, 9.17) is 14.2 Å². The van der Waals surface area contributed by atoms with E-state index >= 15 is 0 Å². The molecule has 1 heterocycles. The lowest BCUT2D eigenvalue weighted by Crippen LogP contribution is -2.20. The number of methoxy groups -OCH3 is 2. The van der Waals surface area contributed by atoms with Crippen LogP contribution in [0.4, 0.5) is 0 Å². The molecule has 0 spiro atoms. The third kappa shape index (κ3) is 2.69. The van der Waals surface area contributed by atoms with Crippen molar-refractivity contribution in [1.29, 1.82) is 0 Å². The summed E-state index contributed by atoms with van der Waals surface area (Å²) in [5, 5.41) is 10.6. The molecule has 0 radical (unpaired) electrons. The SMILES string of the molecule is COc1cc(C)c(C(O)C2CCOC2C)cc1OC. The lowest BCUT2D eigenvalue weighted by molar-refractivity contribution is 0.0427. The van der Waals surface area contributed by atoms with Gasteiger partial charge in [-0.05, 0) is 43.5 Å². The number of hydrogen-bond acceptors (Lipinski definition) is 4. The van der Waals surface area contributed by atoms with Gasteiger partial charge in [0.05, 0.1) is 26.4 Å². The maximum atomic E-state index is 10.6. The van der Waals surface area contributed by atoms with Crippen molar-refractivity contribution in [1.82, 2.24) is 0 Å². The van der Waals surface area contributed by atoms with E-state index < -0.39 is 6.10 Å². The first-order valence-corrected chi connectivity index (χ1v) is 6.60. The average Bonchev–Trinajstić information content (AvgIpc) is 2.83. The number of ether oxygens (including phenoxy) is 3. The molecule has 1 aliphatic rings. The second-order valence-corrected chi connectivity index (χ2v) is 5.04. The van der Waals surface area contributed by atoms with Crippen molar-refractivity contribution in [2.24, 2.45) is 5.92 Å². The van der Waals surface area contributed by atoms with Crippen molar-refractivity contribution >= 4 is 0 Å². The van der Waals surface area contributed by atoms with Gasteiger partial charge in [0.2, 0.25) is 0 Å². The van der Waals surface area contributed by atoms with Gasteiger partial charge in [-0.2, -0.15) is 0 Å². The highest BCUT2D eigenvalue weighted by Gasteiger charge is 2.32. The van der Waals surface area contributed by atoms with Crippen molar-refractivity contribution in [2.75, 3.05) is 20.8 Å². The van der Waals surface area contributed by atoms with Crippen molar-refractivity contribution in [3.05, 3.63) is 23.3 Å². The zero-order valence-electron chi connectivity index (χ0n) is 12.0. The summed E-state index contributed by atoms with van der Waals surface area (Å²) in [6.45, 7) is 4.70. The van der Waals surface area contributed by atoms with Crippen molar-refractivity contribution < 1.29 is 19.3 Å². The number of aliphatic hydroxyl groups excluding tert-OH is 1. The molecule has 1 N–H and O–H groups in total. The van der Waals surface area contributed by atoms with Crippen LogP contribution in [0.2, 0.25) is 0 Å². The van der Waals surface area contributed by atoms with Crippen molar-refractivity contribution in [2.45, 2.75) is 32.5 Å². The molecule has 4 heteroatoms. The minimum absolute atomic E-state index is 0.0856. The molecule has 0 bridgehead atoms. The largest absolute Gasteiger partial charge is 0.493 e. The Morgan fingerprint density at radius 1 is 1.26 bits per heavy atom. The Bertz CT molecular complexity index is 444. The molecule has 2 rings (SSSR count). The standard InChI is InChI=1S/C15H22O4/c1-9-7-13(17-3)14(18-4)8-12(9)15(16)11-5-6-19-10(11)2/h7-8,10-11,15-16H,5-6H2,1-4H3. The quantitative estimate of drug-likeness (QED) is 0.909. The first-order valence-electron chi connectivity index (χ1n) is 6.60. The molecule has 0 amide bonds. The van der Waals surface area contributed by atoms with Gasteiger partial charge in [0.25, 0.3) is 0 Å². The summed E-state index contributed by atoms with van der Waals surface area (Å²) < 4.78 is 16.1. The van der Waals surface area contributed by atoms with Gasteiger partial charge in [-0.25, -0.2) is 0 Å². The summed E-state index contributed by atoms with van der Waals surface area (Å²) in [5.41, 5.74) is 1.89. The van der Waals surface area contributed by atoms with Crippen LogP contribution in [-0.4, -0.2) is 32.0 Å². The van der Waals surface area contributed by atoms with E-state index in [1.54, 1.807) is 14.2 Å². The van der Waals surface area contributed by atoms with Gasteiger partial charge >= 0.3 is 0 Å². The molecule has 1 saturated heterocycles. The maximum Gasteiger partial charge on any atom is 0.161 e. The fourth-order valence-corrected chi connectivity index (χ4v) is 2.71. The van der Waals surface area contributed by atoms with Crippen LogP contribution in [-0.2, 0) is 4.74 Å². The zero-order chi connectivity index (χ0) is 14.0. The summed E-state index contributed by atoms with van der Waals surface area (Å²) in [6.07, 6.45) is 0.440. The Kier molecular flexibility index (Phi) is 4.32. The molecule has 0 saturated carbocycles. The second-order valence-electron chi connectivity index (χ2n) is 5.04. The van der Waals surface area contributed by atoms with E-state index in [0.717, 1.165) is 24.2 Å². The summed E-state index contributed by atoms with van der Waals surface area (Å²) in [4.78, 5) is 0. The minimum atomic E-state index is -0.530. The van der Waals surface area contributed by atoms with Crippen LogP contribution < -0.4 is 9.47 Å². The van der Waals surface area contributed by atoms with Crippen LogP contribution in [0.1, 0.15) is 30.6 Å². The monoisotopic (exact) mass is 266 g/mol. The lowest BCUT2D eigenvalue weighted by Gasteiger charge is -2.23. The molecule has 1 aliphatic heterocycles. The number of rotatable bonds is 4. The van der Waals surface area contributed by atoms with E-state index in [2.05, 4.69) is 0 Å². The molecule has 19 heavy (non-hydrogen) atoms. The van der Waals surface area contributed by atoms with E-state index in [9.17, 15) is 5.11 Å². The Hall–Kier alpha value is -1.26. The van der Waals surface area contributed by atoms with Gasteiger partial charge in [-0.15, -0.1) is 0 Å². The first-order chi connectivity index (χ1) is 9.08. The van der Waals surface area contributed by atoms with Crippen LogP contribution in [0, 0.1) is 12.8 Å². The fraction of sp³-hybridized carbons (Fsp3) is 0.600. The number of benzene rings is 1. The maximum absolute atomic E-state index is 10.6. The summed E-state index contributed by atoms with van der Waals surface area (Å²) >= 11 is 0. The summed E-state index contributed by atoms with van der Waals surface area (Å²) in [7, 11) is 3.21. The number of aryl methyl sites for hydroxylation is 1. The molecule has 1 fully saturated rings. The summed E-state index contributed by atoms with van der Waals surface area (Å²) in [5.74, 6) is 1.47. The Labute approximate surface area is 114 Å². The summed E-state index contributed by atoms with van der Waals surface area (Å²) in [6, 6.07) is 3.77. The molecular weight excluding hydrogens is 244 g/mol. The predicted molar refractivity (Wildman–Crippen MR) is 72.8 cm³/mol. The highest BCUT2D eigenvalue weighted by molar-refractivity contribution is 5.47. The van der Waals surface area contributed by atoms with Gasteiger partial charge in [-0.1, -0.05) is 0 Å². The molecule has 3 atom stereocenters. The van der Waals surface area contributed by atoms with Crippen LogP contribution in [0.5, 0.6) is 11.5 Å². The minimum Gasteiger partial charge on any atom is -0.493 e. The molecule has 1 aromatic carbocycles. The van der Waals surface area contributed by atoms with E-state index in [0.29, 0.717) is 11.5 Å². The fourth-order valence-electron chi connectivity index (χ4n) is 2.71. The molecule has 106 valence electrons. The van der Waals surface area contributed by atoms with Crippen LogP contribution >= 0.6 is 0 Å². The predicted octanol–water partition coefficient (Wildman–Crippen LogP) is 2.47. The third-order valence-corrected chi connectivity index (χ3v) is 3.93. The highest BCUT2D eigenvalue weighted by Crippen LogP contribution is 2.38. The van der Waals surface area contributed by atoms with Crippen LogP contribution in [0.15, 0.2) is 12.1 Å². The zero-order valence-corrected chi connectivity index (χ0v) is 12.0. The Morgan fingerprint density at radius 2 is 1.89 bits per heavy atom. The van der Waals surface area contributed by atoms with Gasteiger partial charge < -0.3 is 19.3 Å². The number of hydrogen-bond donors (Lipinski definition) is 1. The first kappa shape index (κ1) is 14.2. The van der Waals surface area contributed by atoms with E-state index in [1.165, 1.54) is 0 Å². The lowest BCUT2D eigenvalue weighted by atomic mass is 9.88. The Balaban J connectivity index is 2.33.